The molecule has 0 bridgehead atoms. The number of carbonyl (C=O) groups excluding carboxylic acids is 1. The number of amides is 1. The topological polar surface area (TPSA) is 90.6 Å². The Hall–Kier alpha value is -1.67. The van der Waals surface area contributed by atoms with E-state index in [9.17, 15) is 18.0 Å². The highest BCUT2D eigenvalue weighted by atomic mass is 32.2. The van der Waals surface area contributed by atoms with E-state index in [-0.39, 0.29) is 23.4 Å². The van der Waals surface area contributed by atoms with Crippen LogP contribution in [-0.2, 0) is 10.0 Å². The van der Waals surface area contributed by atoms with E-state index in [4.69, 9.17) is 0 Å². The molecule has 132 valence electrons. The zero-order valence-corrected chi connectivity index (χ0v) is 14.6. The second-order valence-corrected chi connectivity index (χ2v) is 8.61. The van der Waals surface area contributed by atoms with Crippen molar-refractivity contribution in [2.45, 2.75) is 31.7 Å². The van der Waals surface area contributed by atoms with E-state index in [1.54, 1.807) is 9.21 Å². The third kappa shape index (κ3) is 3.54. The molecule has 2 aliphatic rings. The van der Waals surface area contributed by atoms with E-state index < -0.39 is 10.0 Å². The summed E-state index contributed by atoms with van der Waals surface area (Å²) in [6, 6.07) is 2.86. The summed E-state index contributed by atoms with van der Waals surface area (Å²) in [4.78, 5) is 28.1. The summed E-state index contributed by atoms with van der Waals surface area (Å²) >= 11 is 0. The van der Waals surface area contributed by atoms with E-state index in [0.29, 0.717) is 31.6 Å². The van der Waals surface area contributed by atoms with Gasteiger partial charge in [0.15, 0.2) is 0 Å². The van der Waals surface area contributed by atoms with E-state index in [1.807, 2.05) is 0 Å². The maximum absolute atomic E-state index is 12.6. The molecule has 1 aromatic rings. The molecule has 0 radical (unpaired) electrons. The molecule has 1 N–H and O–H groups in total. The zero-order valence-electron chi connectivity index (χ0n) is 13.8. The summed E-state index contributed by atoms with van der Waals surface area (Å²) in [5.41, 5.74) is 0.222. The third-order valence-corrected chi connectivity index (χ3v) is 6.32. The van der Waals surface area contributed by atoms with Crippen molar-refractivity contribution in [3.63, 3.8) is 0 Å². The first-order valence-corrected chi connectivity index (χ1v) is 10.2. The van der Waals surface area contributed by atoms with Crippen molar-refractivity contribution in [2.75, 3.05) is 25.9 Å². The minimum atomic E-state index is -3.22. The van der Waals surface area contributed by atoms with E-state index in [1.165, 1.54) is 24.6 Å². The number of likely N-dealkylation sites (tertiary alicyclic amines) is 1. The maximum atomic E-state index is 12.6. The molecule has 0 aromatic carbocycles. The number of nitrogens with one attached hydrogen (secondary N) is 1. The lowest BCUT2D eigenvalue weighted by Crippen LogP contribution is -2.53. The van der Waals surface area contributed by atoms with E-state index in [2.05, 4.69) is 4.98 Å². The van der Waals surface area contributed by atoms with Gasteiger partial charge in [-0.05, 0) is 31.2 Å². The number of piperidine rings is 1. The molecule has 3 heterocycles. The molecule has 2 atom stereocenters. The van der Waals surface area contributed by atoms with Crippen molar-refractivity contribution in [3.8, 4) is 0 Å². The molecular weight excluding hydrogens is 330 g/mol. The van der Waals surface area contributed by atoms with Gasteiger partial charge in [0.25, 0.3) is 5.91 Å². The minimum Gasteiger partial charge on any atom is -0.338 e. The van der Waals surface area contributed by atoms with Crippen molar-refractivity contribution < 1.29 is 13.2 Å². The smallest absolute Gasteiger partial charge is 0.255 e. The van der Waals surface area contributed by atoms with Crippen molar-refractivity contribution in [3.05, 3.63) is 34.2 Å². The van der Waals surface area contributed by atoms with Gasteiger partial charge in [0.05, 0.1) is 11.8 Å². The van der Waals surface area contributed by atoms with Gasteiger partial charge < -0.3 is 9.88 Å². The second kappa shape index (κ2) is 6.68. The van der Waals surface area contributed by atoms with Crippen LogP contribution in [0.15, 0.2) is 23.1 Å². The van der Waals surface area contributed by atoms with Crippen LogP contribution in [0.1, 0.15) is 36.0 Å². The second-order valence-electron chi connectivity index (χ2n) is 6.68. The van der Waals surface area contributed by atoms with Crippen LogP contribution < -0.4 is 5.56 Å². The Labute approximate surface area is 141 Å². The molecule has 0 saturated carbocycles. The molecule has 1 aromatic heterocycles. The van der Waals surface area contributed by atoms with Crippen molar-refractivity contribution >= 4 is 15.9 Å². The lowest BCUT2D eigenvalue weighted by atomic mass is 9.89. The number of aromatic nitrogens is 1. The molecule has 2 aliphatic heterocycles. The van der Waals surface area contributed by atoms with Gasteiger partial charge in [0.1, 0.15) is 0 Å². The molecule has 0 unspecified atom stereocenters. The lowest BCUT2D eigenvalue weighted by Gasteiger charge is -2.41. The highest BCUT2D eigenvalue weighted by Crippen LogP contribution is 2.31. The first kappa shape index (κ1) is 17.2. The van der Waals surface area contributed by atoms with Gasteiger partial charge in [-0.15, -0.1) is 0 Å². The monoisotopic (exact) mass is 353 g/mol. The molecule has 3 rings (SSSR count). The summed E-state index contributed by atoms with van der Waals surface area (Å²) in [7, 11) is -3.22. The summed E-state index contributed by atoms with van der Waals surface area (Å²) < 4.78 is 25.8. The average Bonchev–Trinajstić information content (AvgIpc) is 2.76. The van der Waals surface area contributed by atoms with Crippen LogP contribution >= 0.6 is 0 Å². The molecule has 8 heteroatoms. The Kier molecular flexibility index (Phi) is 4.78. The zero-order chi connectivity index (χ0) is 17.3. The Balaban J connectivity index is 1.77. The number of aromatic amines is 1. The van der Waals surface area contributed by atoms with Gasteiger partial charge in [-0.1, -0.05) is 6.42 Å². The van der Waals surface area contributed by atoms with Crippen molar-refractivity contribution in [1.29, 1.82) is 0 Å². The van der Waals surface area contributed by atoms with Crippen LogP contribution in [0.5, 0.6) is 0 Å². The standard InChI is InChI=1S/C16H23N3O4S/c1-24(22,23)19-8-3-2-4-13-11-18(9-7-14(13)19)16(21)12-5-6-15(20)17-10-12/h5-6,10,13-14H,2-4,7-9,11H2,1H3,(H,17,20)/t13-,14+/m0/s1. The fourth-order valence-corrected chi connectivity index (χ4v) is 5.08. The van der Waals surface area contributed by atoms with Gasteiger partial charge in [-0.2, -0.15) is 4.31 Å². The fraction of sp³-hybridized carbons (Fsp3) is 0.625. The van der Waals surface area contributed by atoms with Crippen LogP contribution in [0.2, 0.25) is 0 Å². The fourth-order valence-electron chi connectivity index (χ4n) is 3.85. The van der Waals surface area contributed by atoms with Gasteiger partial charge in [-0.25, -0.2) is 8.42 Å². The number of hydrogen-bond donors (Lipinski definition) is 1. The van der Waals surface area contributed by atoms with E-state index in [0.717, 1.165) is 19.3 Å². The number of nitrogens with zero attached hydrogens (tertiary/aromatic N) is 2. The SMILES string of the molecule is CS(=O)(=O)N1CCCC[C@H]2CN(C(=O)c3ccc(=O)[nH]c3)CC[C@H]21. The number of sulfonamides is 1. The number of pyridine rings is 1. The first-order chi connectivity index (χ1) is 11.4. The van der Waals surface area contributed by atoms with Gasteiger partial charge >= 0.3 is 0 Å². The predicted octanol–water partition coefficient (Wildman–Crippen LogP) is 0.651. The molecule has 1 amide bonds. The molecule has 0 spiro atoms. The minimum absolute atomic E-state index is 0.0119. The predicted molar refractivity (Wildman–Crippen MR) is 90.3 cm³/mol. The summed E-state index contributed by atoms with van der Waals surface area (Å²) in [6.07, 6.45) is 6.15. The van der Waals surface area contributed by atoms with Crippen LogP contribution in [-0.4, -0.2) is 60.4 Å². The normalized spacial score (nSPS) is 25.8. The van der Waals surface area contributed by atoms with Crippen LogP contribution in [0.4, 0.5) is 0 Å². The Bertz CT molecular complexity index is 753. The van der Waals surface area contributed by atoms with Gasteiger partial charge in [0.2, 0.25) is 15.6 Å². The highest BCUT2D eigenvalue weighted by Gasteiger charge is 2.39. The molecule has 7 nitrogen and oxygen atoms in total. The van der Waals surface area contributed by atoms with E-state index >= 15 is 0 Å². The third-order valence-electron chi connectivity index (χ3n) is 5.01. The quantitative estimate of drug-likeness (QED) is 0.845. The number of fused-ring (bicyclic) bond motifs is 1. The largest absolute Gasteiger partial charge is 0.338 e. The van der Waals surface area contributed by atoms with Gasteiger partial charge in [0, 0.05) is 37.9 Å². The van der Waals surface area contributed by atoms with Crippen molar-refractivity contribution in [2.24, 2.45) is 5.92 Å². The lowest BCUT2D eigenvalue weighted by molar-refractivity contribution is 0.0576. The number of hydrogen-bond acceptors (Lipinski definition) is 4. The molecule has 2 saturated heterocycles. The highest BCUT2D eigenvalue weighted by molar-refractivity contribution is 7.88. The maximum Gasteiger partial charge on any atom is 0.255 e. The van der Waals surface area contributed by atoms with Crippen LogP contribution in [0.25, 0.3) is 0 Å². The number of rotatable bonds is 2. The van der Waals surface area contributed by atoms with Gasteiger partial charge in [-0.3, -0.25) is 9.59 Å². The molecular formula is C16H23N3O4S. The summed E-state index contributed by atoms with van der Waals surface area (Å²) in [6.45, 7) is 1.67. The van der Waals surface area contributed by atoms with Crippen LogP contribution in [0.3, 0.4) is 0 Å². The Morgan fingerprint density at radius 2 is 2.00 bits per heavy atom. The molecule has 0 aliphatic carbocycles. The summed E-state index contributed by atoms with van der Waals surface area (Å²) in [5.74, 6) is 0.0579. The van der Waals surface area contributed by atoms with Crippen LogP contribution in [0, 0.1) is 5.92 Å². The number of H-pyrrole nitrogens is 1. The molecule has 2 fully saturated rings. The Morgan fingerprint density at radius 1 is 1.21 bits per heavy atom. The first-order valence-electron chi connectivity index (χ1n) is 8.31. The van der Waals surface area contributed by atoms with Crippen molar-refractivity contribution in [1.82, 2.24) is 14.2 Å². The average molecular weight is 353 g/mol. The number of carbonyl (C=O) groups is 1. The Morgan fingerprint density at radius 3 is 2.67 bits per heavy atom. The molecule has 24 heavy (non-hydrogen) atoms. The summed E-state index contributed by atoms with van der Waals surface area (Å²) in [5, 5.41) is 0.